The smallest absolute Gasteiger partial charge is 0.245 e. The van der Waals surface area contributed by atoms with Gasteiger partial charge in [0.05, 0.1) is 10.7 Å². The van der Waals surface area contributed by atoms with Crippen LogP contribution in [0.1, 0.15) is 25.3 Å². The van der Waals surface area contributed by atoms with Crippen LogP contribution in [0.3, 0.4) is 0 Å². The van der Waals surface area contributed by atoms with E-state index in [-0.39, 0.29) is 5.91 Å². The number of nitrogens with zero attached hydrogens (tertiary/aromatic N) is 3. The van der Waals surface area contributed by atoms with Gasteiger partial charge >= 0.3 is 0 Å². The van der Waals surface area contributed by atoms with Crippen molar-refractivity contribution >= 4 is 41.4 Å². The number of piperidine rings is 1. The molecule has 4 N–H and O–H groups in total. The number of nitrogens with one attached hydrogen (secondary N) is 2. The second kappa shape index (κ2) is 11.0. The number of halogens is 1. The molecular weight excluding hydrogens is 440 g/mol. The van der Waals surface area contributed by atoms with Crippen molar-refractivity contribution < 1.29 is 9.59 Å². The van der Waals surface area contributed by atoms with Crippen LogP contribution >= 0.6 is 11.6 Å². The Bertz CT molecular complexity index is 1040. The Morgan fingerprint density at radius 3 is 2.55 bits per heavy atom. The standard InChI is InChI=1S/C24H29ClN6O2/c1-3-29-23(33)24(30-16-32)8-10-31(11-9-24)22-20(14-28-15-21(22)25)18-6-4-17(5-7-18)19(12-26)13-27-2/h4-7,12-16H,3,8-11,26H2,1-2H3,(H,29,33)(H,30,32). The predicted molar refractivity (Wildman–Crippen MR) is 133 cm³/mol. The number of pyridine rings is 1. The molecule has 1 saturated heterocycles. The van der Waals surface area contributed by atoms with E-state index in [1.165, 1.54) is 6.20 Å². The van der Waals surface area contributed by atoms with Crippen LogP contribution in [0.15, 0.2) is 47.9 Å². The number of amides is 2. The zero-order chi connectivity index (χ0) is 23.8. The minimum absolute atomic E-state index is 0.159. The van der Waals surface area contributed by atoms with Crippen LogP contribution in [-0.4, -0.2) is 55.7 Å². The highest BCUT2D eigenvalue weighted by Crippen LogP contribution is 2.39. The highest BCUT2D eigenvalue weighted by Gasteiger charge is 2.41. The maximum Gasteiger partial charge on any atom is 0.245 e. The summed E-state index contributed by atoms with van der Waals surface area (Å²) in [5, 5.41) is 6.13. The van der Waals surface area contributed by atoms with Crippen molar-refractivity contribution in [3.8, 4) is 11.1 Å². The first kappa shape index (κ1) is 24.3. The molecule has 2 amide bonds. The third kappa shape index (κ3) is 5.17. The van der Waals surface area contributed by atoms with Gasteiger partial charge in [-0.05, 0) is 30.9 Å². The zero-order valence-corrected chi connectivity index (χ0v) is 19.6. The summed E-state index contributed by atoms with van der Waals surface area (Å²) < 4.78 is 0. The van der Waals surface area contributed by atoms with Crippen LogP contribution < -0.4 is 21.3 Å². The van der Waals surface area contributed by atoms with E-state index in [0.29, 0.717) is 43.9 Å². The highest BCUT2D eigenvalue weighted by atomic mass is 35.5. The summed E-state index contributed by atoms with van der Waals surface area (Å²) in [6.45, 7) is 3.48. The number of hydrogen-bond acceptors (Lipinski definition) is 6. The van der Waals surface area contributed by atoms with E-state index in [1.807, 2.05) is 31.2 Å². The number of carbonyl (C=O) groups is 2. The molecule has 0 radical (unpaired) electrons. The van der Waals surface area contributed by atoms with Crippen LogP contribution in [0.5, 0.6) is 0 Å². The minimum Gasteiger partial charge on any atom is -0.404 e. The Balaban J connectivity index is 1.90. The summed E-state index contributed by atoms with van der Waals surface area (Å²) in [7, 11) is 1.70. The van der Waals surface area contributed by atoms with Crippen molar-refractivity contribution in [2.75, 3.05) is 31.6 Å². The topological polar surface area (TPSA) is 113 Å². The lowest BCUT2D eigenvalue weighted by atomic mass is 9.86. The second-order valence-electron chi connectivity index (χ2n) is 7.79. The maximum atomic E-state index is 12.7. The average Bonchev–Trinajstić information content (AvgIpc) is 2.83. The van der Waals surface area contributed by atoms with Gasteiger partial charge in [-0.25, -0.2) is 0 Å². The lowest BCUT2D eigenvalue weighted by Crippen LogP contribution is -2.61. The number of anilines is 1. The molecule has 0 unspecified atom stereocenters. The van der Waals surface area contributed by atoms with E-state index in [2.05, 4.69) is 25.5 Å². The Labute approximate surface area is 198 Å². The van der Waals surface area contributed by atoms with E-state index in [1.54, 1.807) is 25.7 Å². The molecule has 1 aromatic heterocycles. The summed E-state index contributed by atoms with van der Waals surface area (Å²) in [6, 6.07) is 7.95. The van der Waals surface area contributed by atoms with Gasteiger partial charge in [0, 0.05) is 62.6 Å². The quantitative estimate of drug-likeness (QED) is 0.407. The fourth-order valence-electron chi connectivity index (χ4n) is 4.15. The number of nitrogens with two attached hydrogens (primary N) is 1. The molecule has 0 saturated carbocycles. The fourth-order valence-corrected chi connectivity index (χ4v) is 4.43. The van der Waals surface area contributed by atoms with Crippen molar-refractivity contribution in [1.82, 2.24) is 15.6 Å². The Hall–Kier alpha value is -3.39. The predicted octanol–water partition coefficient (Wildman–Crippen LogP) is 2.62. The first-order chi connectivity index (χ1) is 16.0. The van der Waals surface area contributed by atoms with Gasteiger partial charge in [-0.1, -0.05) is 35.9 Å². The molecule has 2 heterocycles. The SMILES string of the molecule is CCNC(=O)C1(NC=O)CCN(c2c(Cl)cncc2-c2ccc(C(C=NC)=CN)cc2)CC1. The lowest BCUT2D eigenvalue weighted by Gasteiger charge is -2.41. The van der Waals surface area contributed by atoms with Crippen molar-refractivity contribution in [3.05, 3.63) is 53.4 Å². The lowest BCUT2D eigenvalue weighted by molar-refractivity contribution is -0.131. The molecule has 0 spiro atoms. The summed E-state index contributed by atoms with van der Waals surface area (Å²) in [5.74, 6) is -0.159. The van der Waals surface area contributed by atoms with Gasteiger partial charge in [-0.15, -0.1) is 0 Å². The molecule has 0 aliphatic carbocycles. The van der Waals surface area contributed by atoms with Crippen molar-refractivity contribution in [2.24, 2.45) is 10.7 Å². The molecule has 174 valence electrons. The number of rotatable bonds is 8. The molecule has 9 heteroatoms. The molecule has 1 aliphatic heterocycles. The second-order valence-corrected chi connectivity index (χ2v) is 8.20. The van der Waals surface area contributed by atoms with Crippen LogP contribution in [0.25, 0.3) is 16.7 Å². The maximum absolute atomic E-state index is 12.7. The number of aliphatic imine (C=N–C) groups is 1. The molecule has 0 atom stereocenters. The van der Waals surface area contributed by atoms with E-state index in [9.17, 15) is 9.59 Å². The monoisotopic (exact) mass is 468 g/mol. The van der Waals surface area contributed by atoms with E-state index in [0.717, 1.165) is 28.0 Å². The van der Waals surface area contributed by atoms with Gasteiger partial charge in [0.1, 0.15) is 5.54 Å². The highest BCUT2D eigenvalue weighted by molar-refractivity contribution is 6.33. The van der Waals surface area contributed by atoms with Gasteiger partial charge in [-0.2, -0.15) is 0 Å². The first-order valence-corrected chi connectivity index (χ1v) is 11.2. The van der Waals surface area contributed by atoms with Crippen LogP contribution in [0, 0.1) is 0 Å². The van der Waals surface area contributed by atoms with Gasteiger partial charge in [-0.3, -0.25) is 19.6 Å². The zero-order valence-electron chi connectivity index (χ0n) is 18.8. The summed E-state index contributed by atoms with van der Waals surface area (Å²) in [6.07, 6.45) is 8.19. The number of allylic oxidation sites excluding steroid dienone is 1. The van der Waals surface area contributed by atoms with Gasteiger partial charge in [0.15, 0.2) is 0 Å². The van der Waals surface area contributed by atoms with Crippen LogP contribution in [0.4, 0.5) is 5.69 Å². The molecule has 1 aromatic carbocycles. The first-order valence-electron chi connectivity index (χ1n) is 10.8. The number of aromatic nitrogens is 1. The Morgan fingerprint density at radius 1 is 1.27 bits per heavy atom. The van der Waals surface area contributed by atoms with E-state index in [4.69, 9.17) is 17.3 Å². The normalized spacial score (nSPS) is 16.0. The van der Waals surface area contributed by atoms with Crippen molar-refractivity contribution in [1.29, 1.82) is 0 Å². The van der Waals surface area contributed by atoms with E-state index < -0.39 is 5.54 Å². The number of carbonyl (C=O) groups excluding carboxylic acids is 2. The molecular formula is C24H29ClN6O2. The molecule has 8 nitrogen and oxygen atoms in total. The number of likely N-dealkylation sites (N-methyl/N-ethyl adjacent to an activating group) is 1. The van der Waals surface area contributed by atoms with Gasteiger partial charge in [0.25, 0.3) is 0 Å². The minimum atomic E-state index is -0.915. The van der Waals surface area contributed by atoms with Gasteiger partial charge in [0.2, 0.25) is 12.3 Å². The molecule has 33 heavy (non-hydrogen) atoms. The Morgan fingerprint density at radius 2 is 1.97 bits per heavy atom. The molecule has 1 fully saturated rings. The summed E-state index contributed by atoms with van der Waals surface area (Å²) in [4.78, 5) is 34.4. The average molecular weight is 469 g/mol. The van der Waals surface area contributed by atoms with Crippen molar-refractivity contribution in [2.45, 2.75) is 25.3 Å². The number of hydrogen-bond donors (Lipinski definition) is 3. The third-order valence-corrected chi connectivity index (χ3v) is 6.17. The summed E-state index contributed by atoms with van der Waals surface area (Å²) >= 11 is 6.60. The largest absolute Gasteiger partial charge is 0.404 e. The summed E-state index contributed by atoms with van der Waals surface area (Å²) in [5.41, 5.74) is 9.30. The van der Waals surface area contributed by atoms with Crippen molar-refractivity contribution in [3.63, 3.8) is 0 Å². The molecule has 0 bridgehead atoms. The molecule has 2 aromatic rings. The molecule has 3 rings (SSSR count). The van der Waals surface area contributed by atoms with Gasteiger partial charge < -0.3 is 21.3 Å². The Kier molecular flexibility index (Phi) is 8.06. The van der Waals surface area contributed by atoms with Crippen LogP contribution in [-0.2, 0) is 9.59 Å². The fraction of sp³-hybridized carbons (Fsp3) is 0.333. The molecule has 1 aliphatic rings. The number of benzene rings is 1. The van der Waals surface area contributed by atoms with E-state index >= 15 is 0 Å². The third-order valence-electron chi connectivity index (χ3n) is 5.89. The van der Waals surface area contributed by atoms with Crippen LogP contribution in [0.2, 0.25) is 5.02 Å².